The third-order valence-corrected chi connectivity index (χ3v) is 6.96. The van der Waals surface area contributed by atoms with Crippen LogP contribution in [-0.2, 0) is 4.79 Å². The molecular formula is C32H22N6O3. The summed E-state index contributed by atoms with van der Waals surface area (Å²) in [6, 6.07) is 12.3. The maximum absolute atomic E-state index is 13.6. The fourth-order valence-electron chi connectivity index (χ4n) is 4.97. The Morgan fingerprint density at radius 3 is 2.39 bits per heavy atom. The first-order chi connectivity index (χ1) is 20.0. The van der Waals surface area contributed by atoms with E-state index in [-0.39, 0.29) is 17.0 Å². The van der Waals surface area contributed by atoms with Crippen molar-refractivity contribution in [3.05, 3.63) is 141 Å². The van der Waals surface area contributed by atoms with Gasteiger partial charge in [-0.25, -0.2) is 9.98 Å². The van der Waals surface area contributed by atoms with E-state index in [0.29, 0.717) is 33.9 Å². The number of aromatic nitrogens is 2. The Morgan fingerprint density at radius 1 is 0.829 bits per heavy atom. The van der Waals surface area contributed by atoms with Crippen LogP contribution in [0.3, 0.4) is 0 Å². The average molecular weight is 539 g/mol. The topological polar surface area (TPSA) is 132 Å². The SMILES string of the molecule is O=C(NC1=C2C=CC(=N2)C=c2ccc([nH]2)=CC2=NC(=CC3NC1=CC3=O)C=C2)c1c[nH]cc(-c2ccccc2)c1=O. The number of aliphatic imine (C=N–C) groups is 2. The van der Waals surface area contributed by atoms with Crippen LogP contribution in [0.5, 0.6) is 0 Å². The molecule has 1 unspecified atom stereocenters. The zero-order valence-corrected chi connectivity index (χ0v) is 21.5. The fourth-order valence-corrected chi connectivity index (χ4v) is 4.97. The molecule has 9 heteroatoms. The number of carbonyl (C=O) groups excluding carboxylic acids is 2. The molecule has 0 spiro atoms. The van der Waals surface area contributed by atoms with Gasteiger partial charge in [-0.15, -0.1) is 0 Å². The van der Waals surface area contributed by atoms with Gasteiger partial charge in [-0.3, -0.25) is 14.4 Å². The normalized spacial score (nSPS) is 18.6. The van der Waals surface area contributed by atoms with E-state index >= 15 is 0 Å². The van der Waals surface area contributed by atoms with Crippen LogP contribution in [-0.4, -0.2) is 39.1 Å². The molecule has 4 aliphatic rings. The highest BCUT2D eigenvalue weighted by molar-refractivity contribution is 6.20. The second-order valence-electron chi connectivity index (χ2n) is 9.76. The van der Waals surface area contributed by atoms with E-state index in [9.17, 15) is 14.4 Å². The van der Waals surface area contributed by atoms with Gasteiger partial charge in [0.2, 0.25) is 5.43 Å². The van der Waals surface area contributed by atoms with Crippen LogP contribution < -0.4 is 26.8 Å². The Kier molecular flexibility index (Phi) is 5.75. The number of rotatable bonds is 3. The number of nitrogens with one attached hydrogen (secondary N) is 4. The Balaban J connectivity index is 1.32. The average Bonchev–Trinajstić information content (AvgIpc) is 3.78. The molecule has 0 fully saturated rings. The van der Waals surface area contributed by atoms with Crippen molar-refractivity contribution in [1.82, 2.24) is 20.6 Å². The summed E-state index contributed by atoms with van der Waals surface area (Å²) in [6.45, 7) is 0. The van der Waals surface area contributed by atoms with Gasteiger partial charge in [0.15, 0.2) is 5.78 Å². The lowest BCUT2D eigenvalue weighted by molar-refractivity contribution is -0.114. The summed E-state index contributed by atoms with van der Waals surface area (Å²) in [7, 11) is 0. The summed E-state index contributed by atoms with van der Waals surface area (Å²) < 4.78 is 0. The molecule has 1 amide bonds. The van der Waals surface area contributed by atoms with Gasteiger partial charge in [-0.05, 0) is 60.2 Å². The molecule has 8 bridgehead atoms. The zero-order chi connectivity index (χ0) is 27.9. The van der Waals surface area contributed by atoms with Crippen molar-refractivity contribution < 1.29 is 9.59 Å². The molecule has 0 saturated heterocycles. The predicted molar refractivity (Wildman–Crippen MR) is 157 cm³/mol. The molecule has 198 valence electrons. The number of ketones is 1. The summed E-state index contributed by atoms with van der Waals surface area (Å²) >= 11 is 0. The number of pyridine rings is 1. The van der Waals surface area contributed by atoms with E-state index in [0.717, 1.165) is 16.4 Å². The van der Waals surface area contributed by atoms with Gasteiger partial charge in [0, 0.05) is 34.7 Å². The van der Waals surface area contributed by atoms with E-state index in [1.54, 1.807) is 30.5 Å². The van der Waals surface area contributed by atoms with Crippen molar-refractivity contribution in [3.63, 3.8) is 0 Å². The van der Waals surface area contributed by atoms with Gasteiger partial charge < -0.3 is 20.6 Å². The molecule has 3 aromatic rings. The van der Waals surface area contributed by atoms with Gasteiger partial charge in [-0.2, -0.15) is 0 Å². The molecule has 0 radical (unpaired) electrons. The van der Waals surface area contributed by atoms with Gasteiger partial charge >= 0.3 is 0 Å². The smallest absolute Gasteiger partial charge is 0.261 e. The number of aromatic amines is 2. The summed E-state index contributed by atoms with van der Waals surface area (Å²) in [4.78, 5) is 55.4. The van der Waals surface area contributed by atoms with Crippen molar-refractivity contribution in [2.75, 3.05) is 0 Å². The zero-order valence-electron chi connectivity index (χ0n) is 21.5. The molecule has 4 aliphatic heterocycles. The maximum atomic E-state index is 13.6. The van der Waals surface area contributed by atoms with Gasteiger partial charge in [0.1, 0.15) is 11.6 Å². The maximum Gasteiger partial charge on any atom is 0.261 e. The van der Waals surface area contributed by atoms with Crippen LogP contribution in [0.4, 0.5) is 0 Å². The van der Waals surface area contributed by atoms with E-state index in [2.05, 4.69) is 25.6 Å². The Labute approximate surface area is 233 Å². The molecule has 0 aliphatic carbocycles. The molecule has 1 atom stereocenters. The largest absolute Gasteiger partial charge is 0.370 e. The number of carbonyl (C=O) groups is 2. The third kappa shape index (κ3) is 4.65. The molecule has 9 nitrogen and oxygen atoms in total. The van der Waals surface area contributed by atoms with Crippen molar-refractivity contribution >= 4 is 35.3 Å². The second-order valence-corrected chi connectivity index (χ2v) is 9.76. The van der Waals surface area contributed by atoms with Crippen LogP contribution in [0.1, 0.15) is 10.4 Å². The highest BCUT2D eigenvalue weighted by Crippen LogP contribution is 2.24. The Morgan fingerprint density at radius 2 is 1.59 bits per heavy atom. The molecule has 6 heterocycles. The Bertz CT molecular complexity index is 2050. The van der Waals surface area contributed by atoms with E-state index in [1.807, 2.05) is 60.7 Å². The fraction of sp³-hybridized carbons (Fsp3) is 0.0312. The van der Waals surface area contributed by atoms with Crippen LogP contribution >= 0.6 is 0 Å². The number of H-pyrrole nitrogens is 2. The lowest BCUT2D eigenvalue weighted by atomic mass is 10.1. The minimum absolute atomic E-state index is 0.0685. The van der Waals surface area contributed by atoms with Crippen LogP contribution in [0.25, 0.3) is 23.3 Å². The number of hydrogen-bond acceptors (Lipinski definition) is 6. The Hall–Kier alpha value is -5.83. The van der Waals surface area contributed by atoms with Crippen LogP contribution in [0.15, 0.2) is 129 Å². The van der Waals surface area contributed by atoms with E-state index in [4.69, 9.17) is 4.99 Å². The number of hydrogen-bond donors (Lipinski definition) is 4. The van der Waals surface area contributed by atoms with Crippen molar-refractivity contribution in [2.24, 2.45) is 9.98 Å². The first kappa shape index (κ1) is 24.2. The molecule has 0 saturated carbocycles. The highest BCUT2D eigenvalue weighted by atomic mass is 16.2. The standard InChI is InChI=1S/C32H22N6O3/c39-29-15-28-30(38-32(41)25-17-33-16-24(31(25)40)18-4-2-1-3-5-18)26-11-10-22(36-26)13-21-7-6-19(34-21)12-20-8-9-23(35-20)14-27(29)37-28/h1-17,27,34,37H,(H,33,40)(H,38,41). The molecular weight excluding hydrogens is 516 g/mol. The molecule has 4 N–H and O–H groups in total. The minimum atomic E-state index is -0.685. The number of allylic oxidation sites excluding steroid dienone is 4. The summed E-state index contributed by atoms with van der Waals surface area (Å²) in [5.41, 5.74) is 3.74. The quantitative estimate of drug-likeness (QED) is 0.406. The summed E-state index contributed by atoms with van der Waals surface area (Å²) in [5.74, 6) is -0.822. The molecule has 2 aromatic heterocycles. The summed E-state index contributed by atoms with van der Waals surface area (Å²) in [6.07, 6.45) is 17.2. The first-order valence-electron chi connectivity index (χ1n) is 13.0. The van der Waals surface area contributed by atoms with Gasteiger partial charge in [-0.1, -0.05) is 30.3 Å². The molecule has 7 rings (SSSR count). The van der Waals surface area contributed by atoms with E-state index in [1.165, 1.54) is 12.3 Å². The van der Waals surface area contributed by atoms with E-state index < -0.39 is 17.4 Å². The highest BCUT2D eigenvalue weighted by Gasteiger charge is 2.29. The number of nitrogens with zero attached hydrogens (tertiary/aromatic N) is 2. The number of fused-ring (bicyclic) bond motifs is 6. The molecule has 1 aromatic carbocycles. The minimum Gasteiger partial charge on any atom is -0.370 e. The van der Waals surface area contributed by atoms with Crippen molar-refractivity contribution in [2.45, 2.75) is 6.04 Å². The number of benzene rings is 1. The monoisotopic (exact) mass is 538 g/mol. The second kappa shape index (κ2) is 9.73. The lowest BCUT2D eigenvalue weighted by Gasteiger charge is -2.15. The van der Waals surface area contributed by atoms with Crippen molar-refractivity contribution in [3.8, 4) is 11.1 Å². The molecule has 41 heavy (non-hydrogen) atoms. The lowest BCUT2D eigenvalue weighted by Crippen LogP contribution is -2.34. The third-order valence-electron chi connectivity index (χ3n) is 6.96. The van der Waals surface area contributed by atoms with Crippen molar-refractivity contribution in [1.29, 1.82) is 0 Å². The number of amides is 1. The summed E-state index contributed by atoms with van der Waals surface area (Å²) in [5, 5.41) is 7.77. The van der Waals surface area contributed by atoms with Gasteiger partial charge in [0.25, 0.3) is 5.91 Å². The predicted octanol–water partition coefficient (Wildman–Crippen LogP) is 1.92. The van der Waals surface area contributed by atoms with Crippen LogP contribution in [0, 0.1) is 0 Å². The van der Waals surface area contributed by atoms with Gasteiger partial charge in [0.05, 0.1) is 34.2 Å². The van der Waals surface area contributed by atoms with Crippen LogP contribution in [0.2, 0.25) is 0 Å². The first-order valence-corrected chi connectivity index (χ1v) is 13.0.